The summed E-state index contributed by atoms with van der Waals surface area (Å²) in [6, 6.07) is 23.4. The van der Waals surface area contributed by atoms with E-state index >= 15 is 0 Å². The summed E-state index contributed by atoms with van der Waals surface area (Å²) in [5, 5.41) is 2.96. The first kappa shape index (κ1) is 25.9. The lowest BCUT2D eigenvalue weighted by Crippen LogP contribution is -2.40. The van der Waals surface area contributed by atoms with Gasteiger partial charge in [0.15, 0.2) is 4.80 Å². The van der Waals surface area contributed by atoms with E-state index in [-0.39, 0.29) is 11.5 Å². The third-order valence-corrected chi connectivity index (χ3v) is 7.24. The second-order valence-electron chi connectivity index (χ2n) is 8.85. The van der Waals surface area contributed by atoms with E-state index < -0.39 is 6.04 Å². The van der Waals surface area contributed by atoms with Crippen molar-refractivity contribution >= 4 is 29.0 Å². The number of methoxy groups -OCH3 is 1. The predicted octanol–water partition coefficient (Wildman–Crippen LogP) is 4.45. The summed E-state index contributed by atoms with van der Waals surface area (Å²) in [7, 11) is 1.60. The van der Waals surface area contributed by atoms with Gasteiger partial charge in [-0.3, -0.25) is 14.2 Å². The molecule has 0 bridgehead atoms. The molecule has 0 aliphatic carbocycles. The van der Waals surface area contributed by atoms with Crippen LogP contribution in [0.2, 0.25) is 0 Å². The number of nitrogens with one attached hydrogen (secondary N) is 1. The average Bonchev–Trinajstić information content (AvgIpc) is 3.25. The summed E-state index contributed by atoms with van der Waals surface area (Å²) in [5.41, 5.74) is 2.98. The molecule has 39 heavy (non-hydrogen) atoms. The second kappa shape index (κ2) is 11.4. The van der Waals surface area contributed by atoms with Crippen molar-refractivity contribution in [3.8, 4) is 11.5 Å². The second-order valence-corrected chi connectivity index (χ2v) is 9.86. The van der Waals surface area contributed by atoms with Gasteiger partial charge in [-0.15, -0.1) is 0 Å². The van der Waals surface area contributed by atoms with Crippen molar-refractivity contribution < 1.29 is 14.3 Å². The molecule has 196 valence electrons. The minimum Gasteiger partial charge on any atom is -0.497 e. The molecule has 8 heteroatoms. The van der Waals surface area contributed by atoms with Crippen LogP contribution in [0, 0.1) is 0 Å². The van der Waals surface area contributed by atoms with Crippen LogP contribution in [-0.4, -0.2) is 24.2 Å². The maximum absolute atomic E-state index is 13.9. The summed E-state index contributed by atoms with van der Waals surface area (Å²) in [6.07, 6.45) is 3.50. The number of hydrogen-bond acceptors (Lipinski definition) is 6. The van der Waals surface area contributed by atoms with Crippen molar-refractivity contribution in [1.82, 2.24) is 4.57 Å². The van der Waals surface area contributed by atoms with Crippen molar-refractivity contribution in [1.29, 1.82) is 0 Å². The number of rotatable bonds is 8. The average molecular weight is 538 g/mol. The fourth-order valence-electron chi connectivity index (χ4n) is 4.43. The van der Waals surface area contributed by atoms with Gasteiger partial charge in [0.05, 0.1) is 29.0 Å². The standard InChI is InChI=1S/C31H27N3O4S/c1-4-17-38-25-12-8-9-21(18-25)19-26-30(36)34-28(22-13-15-24(37-3)16-14-22)27(20(2)32-31(34)39-26)29(35)33-23-10-6-5-7-11-23/h4-16,18-19,28H,1,17H2,2-3H3,(H,33,35)/b26-19+/t28-/m1/s1. The highest BCUT2D eigenvalue weighted by Crippen LogP contribution is 2.31. The normalized spacial score (nSPS) is 14.8. The highest BCUT2D eigenvalue weighted by molar-refractivity contribution is 7.07. The molecule has 1 aromatic heterocycles. The van der Waals surface area contributed by atoms with Crippen molar-refractivity contribution in [3.63, 3.8) is 0 Å². The van der Waals surface area contributed by atoms with Crippen molar-refractivity contribution in [2.24, 2.45) is 4.99 Å². The Labute approximate surface area is 229 Å². The fraction of sp³-hybridized carbons (Fsp3) is 0.129. The monoisotopic (exact) mass is 537 g/mol. The molecule has 1 atom stereocenters. The van der Waals surface area contributed by atoms with Gasteiger partial charge in [0.1, 0.15) is 18.1 Å². The minimum atomic E-state index is -0.666. The fourth-order valence-corrected chi connectivity index (χ4v) is 5.48. The Kier molecular flexibility index (Phi) is 7.56. The number of fused-ring (bicyclic) bond motifs is 1. The largest absolute Gasteiger partial charge is 0.497 e. The van der Waals surface area contributed by atoms with Crippen LogP contribution in [0.15, 0.2) is 113 Å². The zero-order chi connectivity index (χ0) is 27.4. The number of benzene rings is 3. The van der Waals surface area contributed by atoms with Gasteiger partial charge in [-0.1, -0.05) is 66.5 Å². The lowest BCUT2D eigenvalue weighted by molar-refractivity contribution is -0.113. The number of nitrogens with zero attached hydrogens (tertiary/aromatic N) is 2. The molecule has 0 spiro atoms. The van der Waals surface area contributed by atoms with E-state index in [9.17, 15) is 9.59 Å². The van der Waals surface area contributed by atoms with Gasteiger partial charge < -0.3 is 14.8 Å². The van der Waals surface area contributed by atoms with E-state index in [0.717, 1.165) is 11.1 Å². The van der Waals surface area contributed by atoms with E-state index in [0.29, 0.717) is 44.4 Å². The van der Waals surface area contributed by atoms with Crippen molar-refractivity contribution in [2.75, 3.05) is 19.0 Å². The molecule has 5 rings (SSSR count). The number of ether oxygens (including phenoxy) is 2. The summed E-state index contributed by atoms with van der Waals surface area (Å²) >= 11 is 1.29. The van der Waals surface area contributed by atoms with Gasteiger partial charge in [0.2, 0.25) is 0 Å². The Bertz CT molecular complexity index is 1740. The van der Waals surface area contributed by atoms with E-state index in [4.69, 9.17) is 14.5 Å². The smallest absolute Gasteiger partial charge is 0.271 e. The summed E-state index contributed by atoms with van der Waals surface area (Å²) in [6.45, 7) is 5.87. The molecule has 1 N–H and O–H groups in total. The quantitative estimate of drug-likeness (QED) is 0.337. The molecule has 0 saturated carbocycles. The van der Waals surface area contributed by atoms with Gasteiger partial charge in [-0.05, 0) is 60.5 Å². The van der Waals surface area contributed by atoms with Crippen LogP contribution >= 0.6 is 11.3 Å². The minimum absolute atomic E-state index is 0.227. The molecule has 1 aliphatic rings. The van der Waals surface area contributed by atoms with Crippen molar-refractivity contribution in [2.45, 2.75) is 13.0 Å². The Morgan fingerprint density at radius 3 is 2.56 bits per heavy atom. The predicted molar refractivity (Wildman–Crippen MR) is 154 cm³/mol. The number of aromatic nitrogens is 1. The molecular weight excluding hydrogens is 510 g/mol. The van der Waals surface area contributed by atoms with Gasteiger partial charge >= 0.3 is 0 Å². The van der Waals surface area contributed by atoms with Gasteiger partial charge in [-0.25, -0.2) is 4.99 Å². The molecule has 3 aromatic carbocycles. The van der Waals surface area contributed by atoms with Gasteiger partial charge in [0.25, 0.3) is 11.5 Å². The van der Waals surface area contributed by atoms with Crippen LogP contribution in [0.25, 0.3) is 6.08 Å². The molecule has 0 unspecified atom stereocenters. The SMILES string of the molecule is C=CCOc1cccc(/C=c2/sc3n(c2=O)[C@H](c2ccc(OC)cc2)C(C(=O)Nc2ccccc2)=C(C)N=3)c1. The van der Waals surface area contributed by atoms with Crippen LogP contribution in [0.3, 0.4) is 0 Å². The molecule has 0 fully saturated rings. The number of hydrogen-bond donors (Lipinski definition) is 1. The van der Waals surface area contributed by atoms with E-state index in [2.05, 4.69) is 11.9 Å². The molecule has 0 saturated heterocycles. The van der Waals surface area contributed by atoms with Crippen LogP contribution < -0.4 is 29.7 Å². The number of anilines is 1. The number of carbonyl (C=O) groups excluding carboxylic acids is 1. The third kappa shape index (κ3) is 5.46. The molecule has 1 amide bonds. The first-order chi connectivity index (χ1) is 19.0. The van der Waals surface area contributed by atoms with Crippen LogP contribution in [0.4, 0.5) is 5.69 Å². The number of amides is 1. The van der Waals surface area contributed by atoms with Crippen LogP contribution in [0.1, 0.15) is 24.1 Å². The Morgan fingerprint density at radius 2 is 1.85 bits per heavy atom. The zero-order valence-corrected chi connectivity index (χ0v) is 22.4. The Morgan fingerprint density at radius 1 is 1.08 bits per heavy atom. The first-order valence-electron chi connectivity index (χ1n) is 12.3. The number of para-hydroxylation sites is 1. The third-order valence-electron chi connectivity index (χ3n) is 6.25. The molecule has 4 aromatic rings. The maximum Gasteiger partial charge on any atom is 0.271 e. The van der Waals surface area contributed by atoms with Crippen LogP contribution in [-0.2, 0) is 4.79 Å². The molecule has 7 nitrogen and oxygen atoms in total. The van der Waals surface area contributed by atoms with Gasteiger partial charge in [-0.2, -0.15) is 0 Å². The van der Waals surface area contributed by atoms with Crippen molar-refractivity contribution in [3.05, 3.63) is 134 Å². The van der Waals surface area contributed by atoms with E-state index in [1.54, 1.807) is 24.7 Å². The van der Waals surface area contributed by atoms with E-state index in [1.807, 2.05) is 84.9 Å². The lowest BCUT2D eigenvalue weighted by Gasteiger charge is -2.25. The molecule has 2 heterocycles. The van der Waals surface area contributed by atoms with Gasteiger partial charge in [0, 0.05) is 5.69 Å². The molecule has 1 aliphatic heterocycles. The lowest BCUT2D eigenvalue weighted by atomic mass is 9.95. The number of carbonyl (C=O) groups is 1. The first-order valence-corrected chi connectivity index (χ1v) is 13.2. The molecular formula is C31H27N3O4S. The van der Waals surface area contributed by atoms with Crippen LogP contribution in [0.5, 0.6) is 11.5 Å². The maximum atomic E-state index is 13.9. The highest BCUT2D eigenvalue weighted by Gasteiger charge is 2.32. The Hall–Kier alpha value is -4.69. The summed E-state index contributed by atoms with van der Waals surface area (Å²) < 4.78 is 13.1. The summed E-state index contributed by atoms with van der Waals surface area (Å²) in [5.74, 6) is 1.05. The topological polar surface area (TPSA) is 81.9 Å². The Balaban J connectivity index is 1.63. The number of thiazole rings is 1. The summed E-state index contributed by atoms with van der Waals surface area (Å²) in [4.78, 5) is 32.7. The molecule has 0 radical (unpaired) electrons. The van der Waals surface area contributed by atoms with E-state index in [1.165, 1.54) is 11.3 Å². The number of allylic oxidation sites excluding steroid dienone is 1. The zero-order valence-electron chi connectivity index (χ0n) is 21.6. The highest BCUT2D eigenvalue weighted by atomic mass is 32.1.